The van der Waals surface area contributed by atoms with E-state index in [2.05, 4.69) is 10.3 Å². The second kappa shape index (κ2) is 8.41. The zero-order chi connectivity index (χ0) is 21.1. The molecule has 0 spiro atoms. The third-order valence-corrected chi connectivity index (χ3v) is 5.13. The molecule has 1 heterocycles. The lowest BCUT2D eigenvalue weighted by Gasteiger charge is -2.13. The Kier molecular flexibility index (Phi) is 5.52. The van der Waals surface area contributed by atoms with E-state index in [-0.39, 0.29) is 0 Å². The molecule has 1 amide bonds. The number of rotatable bonds is 6. The van der Waals surface area contributed by atoms with Crippen molar-refractivity contribution in [1.29, 1.82) is 0 Å². The van der Waals surface area contributed by atoms with Crippen molar-refractivity contribution in [2.75, 3.05) is 26.1 Å². The third kappa shape index (κ3) is 3.78. The number of carbonyl (C=O) groups is 2. The molecule has 0 saturated carbocycles. The van der Waals surface area contributed by atoms with Crippen molar-refractivity contribution in [2.24, 2.45) is 0 Å². The van der Waals surface area contributed by atoms with E-state index in [4.69, 9.17) is 14.2 Å². The van der Waals surface area contributed by atoms with Crippen LogP contribution in [0.2, 0.25) is 0 Å². The van der Waals surface area contributed by atoms with Crippen LogP contribution in [-0.4, -0.2) is 37.7 Å². The van der Waals surface area contributed by atoms with Crippen LogP contribution in [0.15, 0.2) is 42.5 Å². The van der Waals surface area contributed by atoms with Gasteiger partial charge in [-0.3, -0.25) is 9.78 Å². The zero-order valence-electron chi connectivity index (χ0n) is 16.9. The molecule has 0 saturated heterocycles. The summed E-state index contributed by atoms with van der Waals surface area (Å²) in [5.41, 5.74) is 3.67. The Hall–Kier alpha value is -3.61. The van der Waals surface area contributed by atoms with Crippen LogP contribution in [0.1, 0.15) is 28.0 Å². The predicted molar refractivity (Wildman–Crippen MR) is 112 cm³/mol. The molecule has 3 aromatic rings. The first kappa shape index (κ1) is 19.7. The van der Waals surface area contributed by atoms with E-state index in [0.29, 0.717) is 22.7 Å². The second-order valence-electron chi connectivity index (χ2n) is 6.98. The largest absolute Gasteiger partial charge is 0.493 e. The molecule has 0 fully saturated rings. The molecular weight excluding hydrogens is 384 g/mol. The van der Waals surface area contributed by atoms with E-state index in [1.165, 1.54) is 14.2 Å². The summed E-state index contributed by atoms with van der Waals surface area (Å²) in [5, 5.41) is 3.45. The minimum absolute atomic E-state index is 0.390. The average molecular weight is 406 g/mol. The second-order valence-corrected chi connectivity index (χ2v) is 6.98. The highest BCUT2D eigenvalue weighted by molar-refractivity contribution is 6.06. The van der Waals surface area contributed by atoms with Crippen LogP contribution in [0, 0.1) is 0 Å². The Morgan fingerprint density at radius 3 is 2.63 bits per heavy atom. The number of hydrogen-bond donors (Lipinski definition) is 1. The molecule has 30 heavy (non-hydrogen) atoms. The number of esters is 1. The van der Waals surface area contributed by atoms with Crippen LogP contribution in [0.4, 0.5) is 5.69 Å². The van der Waals surface area contributed by atoms with Gasteiger partial charge in [0.2, 0.25) is 0 Å². The van der Waals surface area contributed by atoms with Gasteiger partial charge in [-0.15, -0.1) is 0 Å². The van der Waals surface area contributed by atoms with E-state index in [1.54, 1.807) is 18.2 Å². The predicted octanol–water partition coefficient (Wildman–Crippen LogP) is 3.54. The molecule has 0 unspecified atom stereocenters. The number of nitrogens with zero attached hydrogens (tertiary/aromatic N) is 1. The van der Waals surface area contributed by atoms with Gasteiger partial charge in [-0.2, -0.15) is 0 Å². The molecule has 1 aromatic heterocycles. The number of anilines is 1. The van der Waals surface area contributed by atoms with Gasteiger partial charge in [0.15, 0.2) is 18.1 Å². The van der Waals surface area contributed by atoms with Gasteiger partial charge in [0.05, 0.1) is 25.3 Å². The number of fused-ring (bicyclic) bond motifs is 2. The zero-order valence-corrected chi connectivity index (χ0v) is 16.9. The Morgan fingerprint density at radius 2 is 1.83 bits per heavy atom. The lowest BCUT2D eigenvalue weighted by molar-refractivity contribution is -0.119. The van der Waals surface area contributed by atoms with Crippen LogP contribution < -0.4 is 14.8 Å². The first-order valence-electron chi connectivity index (χ1n) is 9.70. The quantitative estimate of drug-likeness (QED) is 0.630. The van der Waals surface area contributed by atoms with Crippen molar-refractivity contribution >= 4 is 28.5 Å². The number of aryl methyl sites for hydroxylation is 1. The van der Waals surface area contributed by atoms with Crippen molar-refractivity contribution < 1.29 is 23.8 Å². The normalized spacial score (nSPS) is 12.3. The van der Waals surface area contributed by atoms with Crippen LogP contribution in [0.25, 0.3) is 10.9 Å². The van der Waals surface area contributed by atoms with Crippen molar-refractivity contribution in [3.8, 4) is 11.5 Å². The maximum absolute atomic E-state index is 12.9. The highest BCUT2D eigenvalue weighted by Gasteiger charge is 2.25. The first-order chi connectivity index (χ1) is 14.6. The summed E-state index contributed by atoms with van der Waals surface area (Å²) in [4.78, 5) is 29.9. The fourth-order valence-corrected chi connectivity index (χ4v) is 3.76. The molecule has 4 rings (SSSR count). The topological polar surface area (TPSA) is 86.8 Å². The molecule has 0 radical (unpaired) electrons. The van der Waals surface area contributed by atoms with E-state index in [0.717, 1.165) is 41.4 Å². The van der Waals surface area contributed by atoms with Gasteiger partial charge < -0.3 is 19.5 Å². The van der Waals surface area contributed by atoms with Crippen molar-refractivity contribution in [3.05, 3.63) is 59.3 Å². The highest BCUT2D eigenvalue weighted by Crippen LogP contribution is 2.31. The molecule has 7 nitrogen and oxygen atoms in total. The molecule has 0 aliphatic heterocycles. The smallest absolute Gasteiger partial charge is 0.339 e. The van der Waals surface area contributed by atoms with Crippen LogP contribution in [-0.2, 0) is 22.4 Å². The number of para-hydroxylation sites is 1. The van der Waals surface area contributed by atoms with Gasteiger partial charge in [0.25, 0.3) is 5.91 Å². The number of hydrogen-bond acceptors (Lipinski definition) is 6. The minimum Gasteiger partial charge on any atom is -0.493 e. The monoisotopic (exact) mass is 406 g/mol. The summed E-state index contributed by atoms with van der Waals surface area (Å²) in [6.07, 6.45) is 2.59. The molecule has 1 N–H and O–H groups in total. The van der Waals surface area contributed by atoms with Gasteiger partial charge >= 0.3 is 5.97 Å². The summed E-state index contributed by atoms with van der Waals surface area (Å²) in [6.45, 7) is -0.390. The summed E-state index contributed by atoms with van der Waals surface area (Å²) in [6, 6.07) is 12.5. The van der Waals surface area contributed by atoms with Crippen LogP contribution >= 0.6 is 0 Å². The molecule has 7 heteroatoms. The van der Waals surface area contributed by atoms with Gasteiger partial charge in [-0.25, -0.2) is 4.79 Å². The summed E-state index contributed by atoms with van der Waals surface area (Å²) < 4.78 is 15.8. The van der Waals surface area contributed by atoms with E-state index >= 15 is 0 Å². The number of carbonyl (C=O) groups excluding carboxylic acids is 2. The van der Waals surface area contributed by atoms with Crippen LogP contribution in [0.3, 0.4) is 0 Å². The standard InChI is InChI=1S/C23H22N2O5/c1-28-19-11-10-14(12-20(19)29-2)24-21(26)13-30-23(27)22-15-6-3-4-8-17(15)25-18-9-5-7-16(18)22/h3-4,6,8,10-12H,5,7,9,13H2,1-2H3,(H,24,26). The van der Waals surface area contributed by atoms with Gasteiger partial charge in [0.1, 0.15) is 0 Å². The maximum Gasteiger partial charge on any atom is 0.339 e. The molecule has 154 valence electrons. The Labute approximate surface area is 174 Å². The fraction of sp³-hybridized carbons (Fsp3) is 0.261. The van der Waals surface area contributed by atoms with E-state index < -0.39 is 18.5 Å². The molecule has 1 aliphatic carbocycles. The minimum atomic E-state index is -0.505. The van der Waals surface area contributed by atoms with Gasteiger partial charge in [-0.05, 0) is 43.0 Å². The Balaban J connectivity index is 1.49. The maximum atomic E-state index is 12.9. The Morgan fingerprint density at radius 1 is 1.03 bits per heavy atom. The number of nitrogens with one attached hydrogen (secondary N) is 1. The molecular formula is C23H22N2O5. The number of ether oxygens (including phenoxy) is 3. The van der Waals surface area contributed by atoms with Crippen LogP contribution in [0.5, 0.6) is 11.5 Å². The summed E-state index contributed by atoms with van der Waals surface area (Å²) >= 11 is 0. The van der Waals surface area contributed by atoms with E-state index in [1.807, 2.05) is 24.3 Å². The fourth-order valence-electron chi connectivity index (χ4n) is 3.76. The molecule has 0 atom stereocenters. The summed E-state index contributed by atoms with van der Waals surface area (Å²) in [5.74, 6) is 0.103. The molecule has 0 bridgehead atoms. The first-order valence-corrected chi connectivity index (χ1v) is 9.70. The lowest BCUT2D eigenvalue weighted by Crippen LogP contribution is -2.21. The highest BCUT2D eigenvalue weighted by atomic mass is 16.5. The number of benzene rings is 2. The third-order valence-electron chi connectivity index (χ3n) is 5.13. The van der Waals surface area contributed by atoms with Gasteiger partial charge in [-0.1, -0.05) is 18.2 Å². The lowest BCUT2D eigenvalue weighted by atomic mass is 10.0. The number of pyridine rings is 1. The van der Waals surface area contributed by atoms with Crippen molar-refractivity contribution in [1.82, 2.24) is 4.98 Å². The Bertz CT molecular complexity index is 1130. The number of methoxy groups -OCH3 is 2. The van der Waals surface area contributed by atoms with Gasteiger partial charge in [0, 0.05) is 22.8 Å². The van der Waals surface area contributed by atoms with Crippen molar-refractivity contribution in [2.45, 2.75) is 19.3 Å². The summed E-state index contributed by atoms with van der Waals surface area (Å²) in [7, 11) is 3.05. The molecule has 1 aliphatic rings. The van der Waals surface area contributed by atoms with Crippen molar-refractivity contribution in [3.63, 3.8) is 0 Å². The number of amides is 1. The number of aromatic nitrogens is 1. The van der Waals surface area contributed by atoms with E-state index in [9.17, 15) is 9.59 Å². The molecule has 2 aromatic carbocycles. The SMILES string of the molecule is COc1ccc(NC(=O)COC(=O)c2c3c(nc4ccccc24)CCC3)cc1OC. The average Bonchev–Trinajstić information content (AvgIpc) is 3.23.